The molecule has 0 nitrogen and oxygen atoms in total. The van der Waals surface area contributed by atoms with Crippen LogP contribution in [-0.4, -0.2) is 0 Å². The Kier molecular flexibility index (Phi) is 1.55. The molecule has 0 amide bonds. The first-order valence-corrected chi connectivity index (χ1v) is 4.47. The summed E-state index contributed by atoms with van der Waals surface area (Å²) in [7, 11) is 0. The van der Waals surface area contributed by atoms with Gasteiger partial charge in [0.1, 0.15) is 0 Å². The van der Waals surface area contributed by atoms with Gasteiger partial charge in [-0.3, -0.25) is 0 Å². The quantitative estimate of drug-likeness (QED) is 0.614. The van der Waals surface area contributed by atoms with E-state index in [0.717, 1.165) is 5.02 Å². The Hall–Kier alpha value is -0.750. The Morgan fingerprint density at radius 2 is 1.58 bits per heavy atom. The maximum Gasteiger partial charge on any atom is 0.0406 e. The average Bonchev–Trinajstić information content (AvgIpc) is 2.61. The number of hydrogen-bond acceptors (Lipinski definition) is 0. The highest BCUT2D eigenvalue weighted by molar-refractivity contribution is 6.30. The Balaban J connectivity index is 2.27. The molecule has 1 aromatic carbocycles. The molecule has 2 rings (SSSR count). The Morgan fingerprint density at radius 1 is 1.08 bits per heavy atom. The fraction of sp³-hybridized carbons (Fsp3) is 0.273. The van der Waals surface area contributed by atoms with Gasteiger partial charge in [0.15, 0.2) is 0 Å². The van der Waals surface area contributed by atoms with E-state index in [0.29, 0.717) is 5.41 Å². The summed E-state index contributed by atoms with van der Waals surface area (Å²) in [5.41, 5.74) is 3.04. The van der Waals surface area contributed by atoms with Crippen molar-refractivity contribution in [1.29, 1.82) is 0 Å². The minimum atomic E-state index is 0.313. The van der Waals surface area contributed by atoms with E-state index in [9.17, 15) is 0 Å². The van der Waals surface area contributed by atoms with Crippen molar-refractivity contribution in [2.24, 2.45) is 5.41 Å². The van der Waals surface area contributed by atoms with E-state index in [1.807, 2.05) is 12.1 Å². The van der Waals surface area contributed by atoms with Gasteiger partial charge in [0.05, 0.1) is 0 Å². The van der Waals surface area contributed by atoms with E-state index in [1.54, 1.807) is 0 Å². The molecule has 0 aliphatic heterocycles. The molecular weight excluding hydrogens is 168 g/mol. The highest BCUT2D eigenvalue weighted by Crippen LogP contribution is 2.49. The van der Waals surface area contributed by atoms with Crippen LogP contribution >= 0.6 is 11.6 Å². The molecule has 0 N–H and O–H groups in total. The van der Waals surface area contributed by atoms with Crippen LogP contribution in [0.25, 0.3) is 5.57 Å². The lowest BCUT2D eigenvalue weighted by Crippen LogP contribution is -1.89. The molecule has 0 unspecified atom stereocenters. The molecule has 0 radical (unpaired) electrons. The van der Waals surface area contributed by atoms with Gasteiger partial charge in [-0.2, -0.15) is 0 Å². The number of hydrogen-bond donors (Lipinski definition) is 0. The van der Waals surface area contributed by atoms with Crippen molar-refractivity contribution < 1.29 is 0 Å². The predicted octanol–water partition coefficient (Wildman–Crippen LogP) is 3.76. The van der Waals surface area contributed by atoms with Crippen LogP contribution in [-0.2, 0) is 0 Å². The van der Waals surface area contributed by atoms with Crippen molar-refractivity contribution in [3.8, 4) is 0 Å². The highest BCUT2D eigenvalue weighted by atomic mass is 35.5. The third-order valence-electron chi connectivity index (χ3n) is 2.27. The molecule has 0 aromatic heterocycles. The van der Waals surface area contributed by atoms with Crippen LogP contribution in [0.5, 0.6) is 0 Å². The van der Waals surface area contributed by atoms with E-state index in [4.69, 9.17) is 11.6 Å². The summed E-state index contributed by atoms with van der Waals surface area (Å²) in [6.45, 7) is 4.44. The number of rotatable bonds is 1. The molecule has 1 aromatic rings. The van der Waals surface area contributed by atoms with Gasteiger partial charge in [0.25, 0.3) is 0 Å². The Morgan fingerprint density at radius 3 is 2.00 bits per heavy atom. The van der Waals surface area contributed by atoms with Gasteiger partial charge in [-0.15, -0.1) is 0 Å². The molecule has 0 saturated carbocycles. The Labute approximate surface area is 77.9 Å². The molecule has 0 saturated heterocycles. The summed E-state index contributed by atoms with van der Waals surface area (Å²) in [6, 6.07) is 8.02. The average molecular weight is 179 g/mol. The molecule has 0 bridgehead atoms. The fourth-order valence-corrected chi connectivity index (χ4v) is 1.54. The van der Waals surface area contributed by atoms with Crippen LogP contribution in [0.2, 0.25) is 5.02 Å². The summed E-state index contributed by atoms with van der Waals surface area (Å²) in [6.07, 6.45) is 2.27. The highest BCUT2D eigenvalue weighted by Gasteiger charge is 2.34. The summed E-state index contributed by atoms with van der Waals surface area (Å²) in [4.78, 5) is 0. The van der Waals surface area contributed by atoms with Gasteiger partial charge in [-0.1, -0.05) is 43.7 Å². The lowest BCUT2D eigenvalue weighted by atomic mass is 10.0. The fourth-order valence-electron chi connectivity index (χ4n) is 1.41. The molecule has 12 heavy (non-hydrogen) atoms. The van der Waals surface area contributed by atoms with Gasteiger partial charge in [-0.25, -0.2) is 0 Å². The van der Waals surface area contributed by atoms with E-state index in [1.165, 1.54) is 11.1 Å². The molecule has 1 aliphatic carbocycles. The van der Waals surface area contributed by atoms with Crippen molar-refractivity contribution in [2.45, 2.75) is 13.8 Å². The van der Waals surface area contributed by atoms with Gasteiger partial charge in [-0.05, 0) is 23.3 Å². The second kappa shape index (κ2) is 2.37. The maximum absolute atomic E-state index is 5.79. The monoisotopic (exact) mass is 178 g/mol. The standard InChI is InChI=1S/C11H11Cl/c1-11(2)7-10(11)8-3-5-9(12)6-4-8/h3-7H,1-2H3. The number of benzene rings is 1. The molecule has 1 heteroatoms. The van der Waals surface area contributed by atoms with Crippen molar-refractivity contribution in [1.82, 2.24) is 0 Å². The predicted molar refractivity (Wildman–Crippen MR) is 53.2 cm³/mol. The number of halogens is 1. The second-order valence-corrected chi connectivity index (χ2v) is 4.22. The third kappa shape index (κ3) is 1.27. The van der Waals surface area contributed by atoms with Gasteiger partial charge in [0.2, 0.25) is 0 Å². The van der Waals surface area contributed by atoms with E-state index in [-0.39, 0.29) is 0 Å². The van der Waals surface area contributed by atoms with Crippen LogP contribution in [0.4, 0.5) is 0 Å². The van der Waals surface area contributed by atoms with Gasteiger partial charge >= 0.3 is 0 Å². The first kappa shape index (κ1) is 7.88. The van der Waals surface area contributed by atoms with Crippen LogP contribution in [0, 0.1) is 5.41 Å². The second-order valence-electron chi connectivity index (χ2n) is 3.79. The van der Waals surface area contributed by atoms with Gasteiger partial charge in [0, 0.05) is 10.4 Å². The normalized spacial score (nSPS) is 18.8. The maximum atomic E-state index is 5.79. The zero-order valence-corrected chi connectivity index (χ0v) is 8.02. The van der Waals surface area contributed by atoms with E-state index < -0.39 is 0 Å². The van der Waals surface area contributed by atoms with Crippen molar-refractivity contribution in [3.63, 3.8) is 0 Å². The van der Waals surface area contributed by atoms with Crippen molar-refractivity contribution in [3.05, 3.63) is 40.9 Å². The van der Waals surface area contributed by atoms with Crippen LogP contribution in [0.15, 0.2) is 30.3 Å². The summed E-state index contributed by atoms with van der Waals surface area (Å²) in [5.74, 6) is 0. The smallest absolute Gasteiger partial charge is 0.0406 e. The first-order valence-electron chi connectivity index (χ1n) is 4.09. The van der Waals surface area contributed by atoms with Crippen molar-refractivity contribution in [2.75, 3.05) is 0 Å². The summed E-state index contributed by atoms with van der Waals surface area (Å²) in [5, 5.41) is 0.804. The zero-order chi connectivity index (χ0) is 8.77. The first-order chi connectivity index (χ1) is 5.59. The summed E-state index contributed by atoms with van der Waals surface area (Å²) >= 11 is 5.79. The summed E-state index contributed by atoms with van der Waals surface area (Å²) < 4.78 is 0. The SMILES string of the molecule is CC1(C)C=C1c1ccc(Cl)cc1. The van der Waals surface area contributed by atoms with Crippen LogP contribution < -0.4 is 0 Å². The lowest BCUT2D eigenvalue weighted by Gasteiger charge is -2.03. The Bertz CT molecular complexity index is 331. The van der Waals surface area contributed by atoms with E-state index >= 15 is 0 Å². The van der Waals surface area contributed by atoms with Crippen LogP contribution in [0.1, 0.15) is 19.4 Å². The minimum Gasteiger partial charge on any atom is -0.0843 e. The molecule has 0 fully saturated rings. The van der Waals surface area contributed by atoms with E-state index in [2.05, 4.69) is 32.1 Å². The molecular formula is C11H11Cl. The van der Waals surface area contributed by atoms with Crippen molar-refractivity contribution >= 4 is 17.2 Å². The van der Waals surface area contributed by atoms with Crippen LogP contribution in [0.3, 0.4) is 0 Å². The minimum absolute atomic E-state index is 0.313. The lowest BCUT2D eigenvalue weighted by molar-refractivity contribution is 0.746. The molecule has 0 spiro atoms. The number of allylic oxidation sites excluding steroid dienone is 2. The molecule has 0 heterocycles. The third-order valence-corrected chi connectivity index (χ3v) is 2.52. The zero-order valence-electron chi connectivity index (χ0n) is 7.26. The molecule has 1 aliphatic rings. The topological polar surface area (TPSA) is 0 Å². The molecule has 62 valence electrons. The van der Waals surface area contributed by atoms with Gasteiger partial charge < -0.3 is 0 Å². The molecule has 0 atom stereocenters. The largest absolute Gasteiger partial charge is 0.0843 e.